The standard InChI is InChI=1S/C29H23F9O2/c1-2-3-4-5-18-7-6-15(14-39-18)16-8-22(32)27(23(33)9-16)29(37,38)40-19-12-20(30)26(21(31)13-19)17-10-24(34)28(36)25(35)11-17/h8-14,18H,2-7H2,1H3. The highest BCUT2D eigenvalue weighted by Crippen LogP contribution is 2.39. The first-order valence-electron chi connectivity index (χ1n) is 12.5. The highest BCUT2D eigenvalue weighted by Gasteiger charge is 2.42. The van der Waals surface area contributed by atoms with Gasteiger partial charge >= 0.3 is 6.11 Å². The second kappa shape index (κ2) is 11.9. The molecule has 4 rings (SSSR count). The zero-order chi connectivity index (χ0) is 29.2. The number of hydrogen-bond donors (Lipinski definition) is 0. The van der Waals surface area contributed by atoms with E-state index < -0.39 is 69.3 Å². The van der Waals surface area contributed by atoms with Crippen LogP contribution < -0.4 is 4.74 Å². The highest BCUT2D eigenvalue weighted by molar-refractivity contribution is 5.67. The van der Waals surface area contributed by atoms with Crippen LogP contribution in [0.2, 0.25) is 0 Å². The van der Waals surface area contributed by atoms with Gasteiger partial charge in [-0.3, -0.25) is 0 Å². The number of halogens is 9. The van der Waals surface area contributed by atoms with Crippen LogP contribution in [0.1, 0.15) is 56.6 Å². The van der Waals surface area contributed by atoms with E-state index in [2.05, 4.69) is 11.7 Å². The molecule has 0 spiro atoms. The second-order valence-corrected chi connectivity index (χ2v) is 9.39. The van der Waals surface area contributed by atoms with Gasteiger partial charge in [0.2, 0.25) is 0 Å². The molecule has 0 radical (unpaired) electrons. The summed E-state index contributed by atoms with van der Waals surface area (Å²) in [6, 6.07) is 2.45. The van der Waals surface area contributed by atoms with Crippen LogP contribution in [0.4, 0.5) is 39.5 Å². The van der Waals surface area contributed by atoms with Gasteiger partial charge in [-0.15, -0.1) is 0 Å². The molecule has 0 aromatic heterocycles. The Morgan fingerprint density at radius 3 is 1.88 bits per heavy atom. The molecular formula is C29H23F9O2. The lowest BCUT2D eigenvalue weighted by atomic mass is 9.95. The zero-order valence-electron chi connectivity index (χ0n) is 21.1. The van der Waals surface area contributed by atoms with Crippen LogP contribution in [0, 0.1) is 40.7 Å². The highest BCUT2D eigenvalue weighted by atomic mass is 19.3. The zero-order valence-corrected chi connectivity index (χ0v) is 21.1. The molecule has 0 fully saturated rings. The monoisotopic (exact) mass is 574 g/mol. The van der Waals surface area contributed by atoms with E-state index in [1.807, 2.05) is 0 Å². The lowest BCUT2D eigenvalue weighted by molar-refractivity contribution is -0.189. The fourth-order valence-corrected chi connectivity index (χ4v) is 4.49. The summed E-state index contributed by atoms with van der Waals surface area (Å²) in [5.74, 6) is -13.1. The van der Waals surface area contributed by atoms with E-state index in [-0.39, 0.29) is 23.8 Å². The van der Waals surface area contributed by atoms with Gasteiger partial charge in [0.1, 0.15) is 34.6 Å². The Labute approximate surface area is 224 Å². The molecule has 40 heavy (non-hydrogen) atoms. The Morgan fingerprint density at radius 2 is 1.35 bits per heavy atom. The van der Waals surface area contributed by atoms with Crippen molar-refractivity contribution in [2.24, 2.45) is 0 Å². The lowest BCUT2D eigenvalue weighted by Gasteiger charge is -2.24. The van der Waals surface area contributed by atoms with Gasteiger partial charge < -0.3 is 9.47 Å². The number of alkyl halides is 2. The first-order chi connectivity index (χ1) is 18.9. The predicted octanol–water partition coefficient (Wildman–Crippen LogP) is 9.56. The van der Waals surface area contributed by atoms with Crippen molar-refractivity contribution in [1.29, 1.82) is 0 Å². The molecule has 2 nitrogen and oxygen atoms in total. The molecule has 0 N–H and O–H groups in total. The lowest BCUT2D eigenvalue weighted by Crippen LogP contribution is -2.25. The second-order valence-electron chi connectivity index (χ2n) is 9.39. The minimum Gasteiger partial charge on any atom is -0.498 e. The van der Waals surface area contributed by atoms with E-state index in [4.69, 9.17) is 4.74 Å². The molecule has 0 aliphatic carbocycles. The Bertz CT molecular complexity index is 1370. The maximum absolute atomic E-state index is 14.8. The molecule has 1 aliphatic heterocycles. The van der Waals surface area contributed by atoms with Crippen LogP contribution in [-0.4, -0.2) is 6.10 Å². The average Bonchev–Trinajstić information content (AvgIpc) is 2.86. The molecule has 1 aliphatic rings. The summed E-state index contributed by atoms with van der Waals surface area (Å²) in [5.41, 5.74) is -3.22. The van der Waals surface area contributed by atoms with Gasteiger partial charge in [-0.25, -0.2) is 30.7 Å². The average molecular weight is 574 g/mol. The van der Waals surface area contributed by atoms with E-state index in [1.165, 1.54) is 6.26 Å². The molecular weight excluding hydrogens is 551 g/mol. The largest absolute Gasteiger partial charge is 0.498 e. The maximum atomic E-state index is 14.8. The number of benzene rings is 3. The van der Waals surface area contributed by atoms with Gasteiger partial charge in [-0.1, -0.05) is 19.8 Å². The van der Waals surface area contributed by atoms with Crippen molar-refractivity contribution in [3.63, 3.8) is 0 Å². The summed E-state index contributed by atoms with van der Waals surface area (Å²) in [5, 5.41) is 0. The summed E-state index contributed by atoms with van der Waals surface area (Å²) in [7, 11) is 0. The molecule has 0 amide bonds. The van der Waals surface area contributed by atoms with E-state index in [1.54, 1.807) is 0 Å². The smallest absolute Gasteiger partial charge is 0.432 e. The van der Waals surface area contributed by atoms with Crippen LogP contribution in [-0.2, 0) is 10.8 Å². The minimum absolute atomic E-state index is 0.0123. The number of hydrogen-bond acceptors (Lipinski definition) is 2. The van der Waals surface area contributed by atoms with Crippen LogP contribution in [0.3, 0.4) is 0 Å². The van der Waals surface area contributed by atoms with Gasteiger partial charge in [0, 0.05) is 12.1 Å². The summed E-state index contributed by atoms with van der Waals surface area (Å²) < 4.78 is 139. The maximum Gasteiger partial charge on any atom is 0.432 e. The van der Waals surface area contributed by atoms with Crippen molar-refractivity contribution >= 4 is 5.57 Å². The van der Waals surface area contributed by atoms with Crippen molar-refractivity contribution < 1.29 is 49.0 Å². The molecule has 3 aromatic carbocycles. The van der Waals surface area contributed by atoms with Gasteiger partial charge in [-0.2, -0.15) is 8.78 Å². The minimum atomic E-state index is -4.72. The molecule has 0 saturated heterocycles. The normalized spacial score (nSPS) is 15.6. The first kappa shape index (κ1) is 29.4. The molecule has 1 heterocycles. The molecule has 0 bridgehead atoms. The summed E-state index contributed by atoms with van der Waals surface area (Å²) >= 11 is 0. The number of rotatable bonds is 9. The Kier molecular flexibility index (Phi) is 8.70. The van der Waals surface area contributed by atoms with Gasteiger partial charge in [-0.05, 0) is 66.6 Å². The quantitative estimate of drug-likeness (QED) is 0.144. The third-order valence-electron chi connectivity index (χ3n) is 6.51. The fourth-order valence-electron chi connectivity index (χ4n) is 4.49. The predicted molar refractivity (Wildman–Crippen MR) is 129 cm³/mol. The van der Waals surface area contributed by atoms with Crippen molar-refractivity contribution in [2.45, 2.75) is 57.7 Å². The Balaban J connectivity index is 1.56. The molecule has 1 unspecified atom stereocenters. The van der Waals surface area contributed by atoms with Gasteiger partial charge in [0.05, 0.1) is 17.9 Å². The van der Waals surface area contributed by atoms with E-state index in [0.717, 1.165) is 25.7 Å². The van der Waals surface area contributed by atoms with E-state index >= 15 is 0 Å². The van der Waals surface area contributed by atoms with E-state index in [0.29, 0.717) is 42.7 Å². The first-order valence-corrected chi connectivity index (χ1v) is 12.5. The van der Waals surface area contributed by atoms with Crippen LogP contribution >= 0.6 is 0 Å². The Morgan fingerprint density at radius 1 is 0.775 bits per heavy atom. The van der Waals surface area contributed by atoms with Crippen molar-refractivity contribution in [1.82, 2.24) is 0 Å². The third kappa shape index (κ3) is 6.23. The SMILES string of the molecule is CCCCCC1CCC(c2cc(F)c(C(F)(F)Oc3cc(F)c(-c4cc(F)c(F)c(F)c4)c(F)c3)c(F)c2)=CO1. The summed E-state index contributed by atoms with van der Waals surface area (Å²) in [6.45, 7) is 2.07. The van der Waals surface area contributed by atoms with Crippen LogP contribution in [0.25, 0.3) is 16.7 Å². The molecule has 11 heteroatoms. The van der Waals surface area contributed by atoms with Crippen LogP contribution in [0.5, 0.6) is 5.75 Å². The van der Waals surface area contributed by atoms with Gasteiger partial charge in [0.15, 0.2) is 17.5 Å². The summed E-state index contributed by atoms with van der Waals surface area (Å²) in [6.07, 6.45) is 1.47. The molecule has 0 saturated carbocycles. The number of allylic oxidation sites excluding steroid dienone is 1. The van der Waals surface area contributed by atoms with Crippen molar-refractivity contribution in [2.75, 3.05) is 0 Å². The molecule has 3 aromatic rings. The topological polar surface area (TPSA) is 18.5 Å². The number of ether oxygens (including phenoxy) is 2. The molecule has 1 atom stereocenters. The van der Waals surface area contributed by atoms with E-state index in [9.17, 15) is 39.5 Å². The summed E-state index contributed by atoms with van der Waals surface area (Å²) in [4.78, 5) is 0. The van der Waals surface area contributed by atoms with Gasteiger partial charge in [0.25, 0.3) is 0 Å². The third-order valence-corrected chi connectivity index (χ3v) is 6.51. The fraction of sp³-hybridized carbons (Fsp3) is 0.310. The Hall–Kier alpha value is -3.63. The van der Waals surface area contributed by atoms with Crippen molar-refractivity contribution in [3.8, 4) is 16.9 Å². The van der Waals surface area contributed by atoms with Crippen LogP contribution in [0.15, 0.2) is 42.7 Å². The van der Waals surface area contributed by atoms with Crippen molar-refractivity contribution in [3.05, 3.63) is 94.5 Å². The number of unbranched alkanes of at least 4 members (excludes halogenated alkanes) is 2. The molecule has 214 valence electrons.